The molecule has 0 bridgehead atoms. The van der Waals surface area contributed by atoms with Gasteiger partial charge in [0.15, 0.2) is 0 Å². The number of thioether (sulfide) groups is 1. The fraction of sp³-hybridized carbons (Fsp3) is 0.500. The summed E-state index contributed by atoms with van der Waals surface area (Å²) in [4.78, 5) is 10.5. The molecule has 0 fully saturated rings. The second kappa shape index (κ2) is 6.08. The van der Waals surface area contributed by atoms with Crippen LogP contribution in [0.4, 0.5) is 0 Å². The fourth-order valence-electron chi connectivity index (χ4n) is 1.70. The van der Waals surface area contributed by atoms with Gasteiger partial charge in [0.25, 0.3) is 11.1 Å². The second-order valence-corrected chi connectivity index (χ2v) is 5.73. The molecule has 0 atom stereocenters. The summed E-state index contributed by atoms with van der Waals surface area (Å²) >= 11 is 1.00. The summed E-state index contributed by atoms with van der Waals surface area (Å²) in [7, 11) is 0. The van der Waals surface area contributed by atoms with E-state index in [2.05, 4.69) is 29.1 Å². The number of rotatable bonds is 6. The zero-order valence-corrected chi connectivity index (χ0v) is 12.3. The Balaban J connectivity index is 2.21. The minimum Gasteiger partial charge on any atom is -0.481 e. The van der Waals surface area contributed by atoms with Crippen LogP contribution in [0.25, 0.3) is 11.6 Å². The van der Waals surface area contributed by atoms with Gasteiger partial charge >= 0.3 is 5.97 Å². The highest BCUT2D eigenvalue weighted by atomic mass is 32.2. The molecular weight excluding hydrogens is 280 g/mol. The molecule has 2 rings (SSSR count). The maximum Gasteiger partial charge on any atom is 0.314 e. The van der Waals surface area contributed by atoms with Gasteiger partial charge in [-0.25, -0.2) is 0 Å². The highest BCUT2D eigenvalue weighted by molar-refractivity contribution is 7.99. The van der Waals surface area contributed by atoms with Gasteiger partial charge in [-0.15, -0.1) is 10.2 Å². The van der Waals surface area contributed by atoms with Gasteiger partial charge in [0.2, 0.25) is 0 Å². The largest absolute Gasteiger partial charge is 0.481 e. The number of nitrogens with zero attached hydrogens (tertiary/aromatic N) is 4. The maximum atomic E-state index is 10.5. The maximum absolute atomic E-state index is 10.5. The van der Waals surface area contributed by atoms with Crippen LogP contribution in [-0.2, 0) is 11.3 Å². The predicted octanol–water partition coefficient (Wildman–Crippen LogP) is 2.07. The number of carboxylic acids is 1. The van der Waals surface area contributed by atoms with Crippen LogP contribution in [0.3, 0.4) is 0 Å². The van der Waals surface area contributed by atoms with Crippen LogP contribution < -0.4 is 0 Å². The van der Waals surface area contributed by atoms with Crippen molar-refractivity contribution in [1.82, 2.24) is 20.0 Å². The van der Waals surface area contributed by atoms with Gasteiger partial charge in [-0.1, -0.05) is 25.6 Å². The summed E-state index contributed by atoms with van der Waals surface area (Å²) in [5, 5.41) is 21.1. The lowest BCUT2D eigenvalue weighted by Crippen LogP contribution is -2.07. The highest BCUT2D eigenvalue weighted by Gasteiger charge is 2.16. The Morgan fingerprint density at radius 2 is 2.25 bits per heavy atom. The Kier molecular flexibility index (Phi) is 4.43. The SMILES string of the molecule is Cc1cc(-c2nnc(SCC(=O)O)o2)n(CC(C)C)n1. The molecule has 2 aromatic heterocycles. The van der Waals surface area contributed by atoms with E-state index in [0.29, 0.717) is 11.8 Å². The standard InChI is InChI=1S/C12H16N4O3S/c1-7(2)5-16-9(4-8(3)15-16)11-13-14-12(19-11)20-6-10(17)18/h4,7H,5-6H2,1-3H3,(H,17,18). The first kappa shape index (κ1) is 14.6. The number of aryl methyl sites for hydroxylation is 1. The van der Waals surface area contributed by atoms with E-state index in [1.54, 1.807) is 0 Å². The lowest BCUT2D eigenvalue weighted by molar-refractivity contribution is -0.133. The van der Waals surface area contributed by atoms with E-state index in [4.69, 9.17) is 9.52 Å². The van der Waals surface area contributed by atoms with Gasteiger partial charge < -0.3 is 9.52 Å². The van der Waals surface area contributed by atoms with Crippen molar-refractivity contribution in [1.29, 1.82) is 0 Å². The molecule has 0 aliphatic heterocycles. The van der Waals surface area contributed by atoms with Gasteiger partial charge in [0.05, 0.1) is 5.69 Å². The molecule has 0 spiro atoms. The van der Waals surface area contributed by atoms with E-state index in [-0.39, 0.29) is 11.0 Å². The number of hydrogen-bond acceptors (Lipinski definition) is 6. The van der Waals surface area contributed by atoms with Gasteiger partial charge in [-0.2, -0.15) is 5.10 Å². The first-order chi connectivity index (χ1) is 9.45. The summed E-state index contributed by atoms with van der Waals surface area (Å²) in [6, 6.07) is 1.88. The molecule has 0 aliphatic rings. The van der Waals surface area contributed by atoms with E-state index in [9.17, 15) is 4.79 Å². The van der Waals surface area contributed by atoms with Crippen molar-refractivity contribution in [3.63, 3.8) is 0 Å². The van der Waals surface area contributed by atoms with Gasteiger partial charge in [-0.05, 0) is 18.9 Å². The number of carboxylic acid groups (broad SMARTS) is 1. The molecule has 0 aromatic carbocycles. The average Bonchev–Trinajstić information content (AvgIpc) is 2.92. The van der Waals surface area contributed by atoms with Crippen molar-refractivity contribution in [3.8, 4) is 11.6 Å². The van der Waals surface area contributed by atoms with E-state index in [1.165, 1.54) is 0 Å². The Morgan fingerprint density at radius 3 is 2.90 bits per heavy atom. The van der Waals surface area contributed by atoms with Crippen molar-refractivity contribution in [3.05, 3.63) is 11.8 Å². The minimum absolute atomic E-state index is 0.105. The molecule has 7 nitrogen and oxygen atoms in total. The van der Waals surface area contributed by atoms with Crippen molar-refractivity contribution >= 4 is 17.7 Å². The quantitative estimate of drug-likeness (QED) is 0.815. The van der Waals surface area contributed by atoms with Gasteiger partial charge in [0.1, 0.15) is 11.4 Å². The van der Waals surface area contributed by atoms with Gasteiger partial charge in [0, 0.05) is 6.54 Å². The second-order valence-electron chi connectivity index (χ2n) is 4.80. The van der Waals surface area contributed by atoms with Crippen LogP contribution in [0.5, 0.6) is 0 Å². The van der Waals surface area contributed by atoms with E-state index >= 15 is 0 Å². The zero-order valence-electron chi connectivity index (χ0n) is 11.5. The minimum atomic E-state index is -0.921. The van der Waals surface area contributed by atoms with Crippen LogP contribution in [0.2, 0.25) is 0 Å². The number of hydrogen-bond donors (Lipinski definition) is 1. The Hall–Kier alpha value is -1.83. The molecule has 0 amide bonds. The molecule has 0 radical (unpaired) electrons. The number of aliphatic carboxylic acids is 1. The molecule has 2 aromatic rings. The molecule has 8 heteroatoms. The molecule has 0 saturated carbocycles. The molecule has 1 N–H and O–H groups in total. The monoisotopic (exact) mass is 296 g/mol. The summed E-state index contributed by atoms with van der Waals surface area (Å²) in [5.74, 6) is -0.224. The number of carbonyl (C=O) groups is 1. The summed E-state index contributed by atoms with van der Waals surface area (Å²) in [6.45, 7) is 6.85. The topological polar surface area (TPSA) is 94.0 Å². The average molecular weight is 296 g/mol. The molecule has 108 valence electrons. The Bertz CT molecular complexity index is 606. The normalized spacial score (nSPS) is 11.2. The lowest BCUT2D eigenvalue weighted by Gasteiger charge is -2.07. The van der Waals surface area contributed by atoms with Crippen LogP contribution in [0.1, 0.15) is 19.5 Å². The zero-order chi connectivity index (χ0) is 14.7. The third-order valence-electron chi connectivity index (χ3n) is 2.38. The van der Waals surface area contributed by atoms with E-state index in [0.717, 1.165) is 29.7 Å². The number of aromatic nitrogens is 4. The van der Waals surface area contributed by atoms with Crippen LogP contribution in [0, 0.1) is 12.8 Å². The Morgan fingerprint density at radius 1 is 1.50 bits per heavy atom. The van der Waals surface area contributed by atoms with Crippen LogP contribution in [0.15, 0.2) is 15.7 Å². The first-order valence-electron chi connectivity index (χ1n) is 6.18. The van der Waals surface area contributed by atoms with Crippen molar-refractivity contribution in [2.24, 2.45) is 5.92 Å². The smallest absolute Gasteiger partial charge is 0.314 e. The van der Waals surface area contributed by atoms with Crippen LogP contribution in [-0.4, -0.2) is 36.8 Å². The molecule has 2 heterocycles. The van der Waals surface area contributed by atoms with Crippen molar-refractivity contribution in [2.45, 2.75) is 32.5 Å². The van der Waals surface area contributed by atoms with E-state index in [1.807, 2.05) is 17.7 Å². The van der Waals surface area contributed by atoms with Gasteiger partial charge in [-0.3, -0.25) is 9.48 Å². The van der Waals surface area contributed by atoms with Crippen LogP contribution >= 0.6 is 11.8 Å². The molecular formula is C12H16N4O3S. The lowest BCUT2D eigenvalue weighted by atomic mass is 10.2. The highest BCUT2D eigenvalue weighted by Crippen LogP contribution is 2.24. The molecule has 0 aliphatic carbocycles. The third-order valence-corrected chi connectivity index (χ3v) is 3.19. The molecule has 20 heavy (non-hydrogen) atoms. The summed E-state index contributed by atoms with van der Waals surface area (Å²) in [5.41, 5.74) is 1.63. The molecule has 0 saturated heterocycles. The molecule has 0 unspecified atom stereocenters. The van der Waals surface area contributed by atoms with E-state index < -0.39 is 5.97 Å². The Labute approximate surface area is 120 Å². The third kappa shape index (κ3) is 3.60. The summed E-state index contributed by atoms with van der Waals surface area (Å²) < 4.78 is 7.30. The first-order valence-corrected chi connectivity index (χ1v) is 7.17. The van der Waals surface area contributed by atoms with Crippen molar-refractivity contribution < 1.29 is 14.3 Å². The van der Waals surface area contributed by atoms with Crippen molar-refractivity contribution in [2.75, 3.05) is 5.75 Å². The predicted molar refractivity (Wildman–Crippen MR) is 73.5 cm³/mol. The summed E-state index contributed by atoms with van der Waals surface area (Å²) in [6.07, 6.45) is 0. The fourth-order valence-corrected chi connectivity index (χ4v) is 2.18.